The Bertz CT molecular complexity index is 353. The second kappa shape index (κ2) is 5.45. The van der Waals surface area contributed by atoms with Gasteiger partial charge < -0.3 is 9.73 Å². The summed E-state index contributed by atoms with van der Waals surface area (Å²) in [6.07, 6.45) is 4.41. The zero-order valence-corrected chi connectivity index (χ0v) is 12.1. The van der Waals surface area contributed by atoms with Gasteiger partial charge in [-0.2, -0.15) is 0 Å². The normalized spacial score (nSPS) is 24.3. The van der Waals surface area contributed by atoms with Gasteiger partial charge in [-0.3, -0.25) is 4.90 Å². The first-order chi connectivity index (χ1) is 8.46. The monoisotopic (exact) mass is 250 g/mol. The maximum absolute atomic E-state index is 5.42. The Morgan fingerprint density at radius 3 is 2.67 bits per heavy atom. The maximum atomic E-state index is 5.42. The molecule has 1 saturated carbocycles. The molecular weight excluding hydrogens is 224 g/mol. The Kier molecular flexibility index (Phi) is 4.13. The third kappa shape index (κ3) is 3.59. The second-order valence-electron chi connectivity index (χ2n) is 6.53. The highest BCUT2D eigenvalue weighted by molar-refractivity contribution is 4.99. The minimum absolute atomic E-state index is 0.222. The molecule has 1 aliphatic rings. The molecule has 1 N–H and O–H groups in total. The zero-order chi connectivity index (χ0) is 13.2. The lowest BCUT2D eigenvalue weighted by atomic mass is 9.78. The third-order valence-electron chi connectivity index (χ3n) is 3.82. The average Bonchev–Trinajstić information content (AvgIpc) is 2.66. The predicted octanol–water partition coefficient (Wildman–Crippen LogP) is 2.88. The Morgan fingerprint density at radius 1 is 1.39 bits per heavy atom. The van der Waals surface area contributed by atoms with E-state index in [2.05, 4.69) is 44.1 Å². The molecule has 3 heteroatoms. The molecule has 2 rings (SSSR count). The predicted molar refractivity (Wildman–Crippen MR) is 74.4 cm³/mol. The highest BCUT2D eigenvalue weighted by Crippen LogP contribution is 2.32. The molecule has 0 aliphatic heterocycles. The van der Waals surface area contributed by atoms with Crippen molar-refractivity contribution in [2.24, 2.45) is 5.92 Å². The van der Waals surface area contributed by atoms with E-state index in [-0.39, 0.29) is 5.54 Å². The summed E-state index contributed by atoms with van der Waals surface area (Å²) < 4.78 is 5.42. The summed E-state index contributed by atoms with van der Waals surface area (Å²) in [6, 6.07) is 4.71. The number of rotatable bonds is 5. The summed E-state index contributed by atoms with van der Waals surface area (Å²) in [6.45, 7) is 8.73. The highest BCUT2D eigenvalue weighted by Gasteiger charge is 2.34. The van der Waals surface area contributed by atoms with Crippen LogP contribution in [0.3, 0.4) is 0 Å². The van der Waals surface area contributed by atoms with E-state index in [0.29, 0.717) is 6.04 Å². The molecule has 0 saturated heterocycles. The quantitative estimate of drug-likeness (QED) is 0.871. The summed E-state index contributed by atoms with van der Waals surface area (Å²) in [7, 11) is 2.20. The van der Waals surface area contributed by atoms with E-state index in [1.54, 1.807) is 6.26 Å². The van der Waals surface area contributed by atoms with Gasteiger partial charge in [-0.05, 0) is 65.3 Å². The molecule has 2 atom stereocenters. The Labute approximate surface area is 111 Å². The van der Waals surface area contributed by atoms with Gasteiger partial charge in [0.05, 0.1) is 12.8 Å². The topological polar surface area (TPSA) is 28.4 Å². The molecule has 1 aromatic rings. The molecule has 102 valence electrons. The van der Waals surface area contributed by atoms with Crippen molar-refractivity contribution in [1.29, 1.82) is 0 Å². The van der Waals surface area contributed by atoms with E-state index in [1.807, 2.05) is 6.07 Å². The minimum Gasteiger partial charge on any atom is -0.468 e. The van der Waals surface area contributed by atoms with Crippen LogP contribution in [0.1, 0.15) is 39.4 Å². The van der Waals surface area contributed by atoms with Crippen LogP contribution in [-0.4, -0.2) is 30.1 Å². The fourth-order valence-corrected chi connectivity index (χ4v) is 2.57. The molecule has 1 aromatic heterocycles. The van der Waals surface area contributed by atoms with Crippen molar-refractivity contribution >= 4 is 0 Å². The fraction of sp³-hybridized carbons (Fsp3) is 0.733. The van der Waals surface area contributed by atoms with Crippen molar-refractivity contribution < 1.29 is 4.42 Å². The van der Waals surface area contributed by atoms with Gasteiger partial charge in [-0.15, -0.1) is 0 Å². The lowest BCUT2D eigenvalue weighted by Gasteiger charge is -2.43. The Morgan fingerprint density at radius 2 is 2.17 bits per heavy atom. The Balaban J connectivity index is 1.79. The Hall–Kier alpha value is -0.800. The van der Waals surface area contributed by atoms with Crippen molar-refractivity contribution in [3.63, 3.8) is 0 Å². The summed E-state index contributed by atoms with van der Waals surface area (Å²) in [5.74, 6) is 1.84. The van der Waals surface area contributed by atoms with E-state index in [0.717, 1.165) is 24.8 Å². The van der Waals surface area contributed by atoms with Gasteiger partial charge in [-0.25, -0.2) is 0 Å². The van der Waals surface area contributed by atoms with Crippen LogP contribution in [-0.2, 0) is 6.54 Å². The zero-order valence-electron chi connectivity index (χ0n) is 12.1. The summed E-state index contributed by atoms with van der Waals surface area (Å²) in [5.41, 5.74) is 0.222. The minimum atomic E-state index is 0.222. The largest absolute Gasteiger partial charge is 0.468 e. The third-order valence-corrected chi connectivity index (χ3v) is 3.82. The average molecular weight is 250 g/mol. The summed E-state index contributed by atoms with van der Waals surface area (Å²) in [4.78, 5) is 2.43. The van der Waals surface area contributed by atoms with Gasteiger partial charge in [0.15, 0.2) is 0 Å². The molecule has 0 amide bonds. The lowest BCUT2D eigenvalue weighted by Crippen LogP contribution is -2.51. The first-order valence-corrected chi connectivity index (χ1v) is 6.93. The van der Waals surface area contributed by atoms with Crippen LogP contribution in [0.25, 0.3) is 0 Å². The molecule has 1 heterocycles. The molecule has 18 heavy (non-hydrogen) atoms. The van der Waals surface area contributed by atoms with Gasteiger partial charge in [-0.1, -0.05) is 0 Å². The molecule has 0 aromatic carbocycles. The molecule has 1 fully saturated rings. The van der Waals surface area contributed by atoms with E-state index in [9.17, 15) is 0 Å². The van der Waals surface area contributed by atoms with Crippen molar-refractivity contribution in [1.82, 2.24) is 10.2 Å². The van der Waals surface area contributed by atoms with Gasteiger partial charge >= 0.3 is 0 Å². The van der Waals surface area contributed by atoms with Crippen LogP contribution in [0.4, 0.5) is 0 Å². The first kappa shape index (κ1) is 13.6. The van der Waals surface area contributed by atoms with Crippen molar-refractivity contribution in [2.45, 2.75) is 51.7 Å². The maximum Gasteiger partial charge on any atom is 0.117 e. The van der Waals surface area contributed by atoms with Gasteiger partial charge in [0, 0.05) is 11.6 Å². The van der Waals surface area contributed by atoms with Crippen LogP contribution in [0.15, 0.2) is 22.8 Å². The molecule has 0 spiro atoms. The van der Waals surface area contributed by atoms with Crippen LogP contribution < -0.4 is 5.32 Å². The lowest BCUT2D eigenvalue weighted by molar-refractivity contribution is 0.0688. The van der Waals surface area contributed by atoms with Gasteiger partial charge in [0.25, 0.3) is 0 Å². The summed E-state index contributed by atoms with van der Waals surface area (Å²) >= 11 is 0. The van der Waals surface area contributed by atoms with E-state index in [4.69, 9.17) is 4.42 Å². The van der Waals surface area contributed by atoms with Crippen LogP contribution in [0.5, 0.6) is 0 Å². The summed E-state index contributed by atoms with van der Waals surface area (Å²) in [5, 5.41) is 3.62. The fourth-order valence-electron chi connectivity index (χ4n) is 2.57. The van der Waals surface area contributed by atoms with E-state index >= 15 is 0 Å². The van der Waals surface area contributed by atoms with E-state index < -0.39 is 0 Å². The molecule has 2 unspecified atom stereocenters. The smallest absolute Gasteiger partial charge is 0.117 e. The van der Waals surface area contributed by atoms with Crippen molar-refractivity contribution in [3.05, 3.63) is 24.2 Å². The second-order valence-corrected chi connectivity index (χ2v) is 6.53. The van der Waals surface area contributed by atoms with Crippen molar-refractivity contribution in [3.8, 4) is 0 Å². The first-order valence-electron chi connectivity index (χ1n) is 6.93. The van der Waals surface area contributed by atoms with Crippen LogP contribution in [0, 0.1) is 5.92 Å². The standard InChI is InChI=1S/C15H26N2O/c1-15(2,3)16-10-12-7-8-14(12)17(4)11-13-6-5-9-18-13/h5-6,9,12,14,16H,7-8,10-11H2,1-4H3. The highest BCUT2D eigenvalue weighted by atomic mass is 16.3. The number of nitrogens with zero attached hydrogens (tertiary/aromatic N) is 1. The molecule has 3 nitrogen and oxygen atoms in total. The molecular formula is C15H26N2O. The SMILES string of the molecule is CN(Cc1ccco1)C1CCC1CNC(C)(C)C. The number of furan rings is 1. The number of hydrogen-bond acceptors (Lipinski definition) is 3. The van der Waals surface area contributed by atoms with Crippen molar-refractivity contribution in [2.75, 3.05) is 13.6 Å². The molecule has 0 radical (unpaired) electrons. The van der Waals surface area contributed by atoms with E-state index in [1.165, 1.54) is 12.8 Å². The molecule has 1 aliphatic carbocycles. The van der Waals surface area contributed by atoms with Gasteiger partial charge in [0.1, 0.15) is 5.76 Å². The van der Waals surface area contributed by atoms with Crippen LogP contribution >= 0.6 is 0 Å². The van der Waals surface area contributed by atoms with Gasteiger partial charge in [0.2, 0.25) is 0 Å². The number of nitrogens with one attached hydrogen (secondary N) is 1. The number of hydrogen-bond donors (Lipinski definition) is 1. The molecule has 0 bridgehead atoms. The van der Waals surface area contributed by atoms with Crippen LogP contribution in [0.2, 0.25) is 0 Å².